The van der Waals surface area contributed by atoms with Crippen molar-refractivity contribution in [3.8, 4) is 0 Å². The molecule has 18 heavy (non-hydrogen) atoms. The molecule has 0 radical (unpaired) electrons. The maximum absolute atomic E-state index is 11.7. The monoisotopic (exact) mass is 312 g/mol. The minimum absolute atomic E-state index is 0.0587. The lowest BCUT2D eigenvalue weighted by Gasteiger charge is -2.11. The highest BCUT2D eigenvalue weighted by Gasteiger charge is 2.34. The molecule has 96 valence electrons. The van der Waals surface area contributed by atoms with Crippen LogP contribution in [0.4, 0.5) is 10.5 Å². The Morgan fingerprint density at radius 1 is 1.44 bits per heavy atom. The number of urea groups is 1. The third-order valence-electron chi connectivity index (χ3n) is 2.91. The molecular weight excluding hydrogens is 300 g/mol. The van der Waals surface area contributed by atoms with Gasteiger partial charge in [-0.3, -0.25) is 0 Å². The number of halogens is 1. The number of amides is 2. The summed E-state index contributed by atoms with van der Waals surface area (Å²) in [5, 5.41) is 14.4. The van der Waals surface area contributed by atoms with E-state index < -0.39 is 5.97 Å². The highest BCUT2D eigenvalue weighted by atomic mass is 79.9. The average molecular weight is 313 g/mol. The van der Waals surface area contributed by atoms with E-state index in [4.69, 9.17) is 5.11 Å². The first kappa shape index (κ1) is 12.9. The highest BCUT2D eigenvalue weighted by Crippen LogP contribution is 2.30. The molecule has 3 N–H and O–H groups in total. The molecule has 6 heteroatoms. The Kier molecular flexibility index (Phi) is 3.56. The molecule has 1 aromatic rings. The van der Waals surface area contributed by atoms with Crippen LogP contribution in [0.2, 0.25) is 0 Å². The van der Waals surface area contributed by atoms with E-state index in [1.54, 1.807) is 12.1 Å². The summed E-state index contributed by atoms with van der Waals surface area (Å²) in [4.78, 5) is 22.7. The number of benzene rings is 1. The van der Waals surface area contributed by atoms with Gasteiger partial charge in [0.25, 0.3) is 0 Å². The summed E-state index contributed by atoms with van der Waals surface area (Å²) in [6.45, 7) is 2.05. The zero-order valence-corrected chi connectivity index (χ0v) is 11.3. The summed E-state index contributed by atoms with van der Waals surface area (Å²) >= 11 is 3.23. The summed E-state index contributed by atoms with van der Waals surface area (Å²) in [6, 6.07) is 4.56. The summed E-state index contributed by atoms with van der Waals surface area (Å²) < 4.78 is 0.543. The molecule has 5 nitrogen and oxygen atoms in total. The Morgan fingerprint density at radius 3 is 2.67 bits per heavy atom. The molecule has 1 fully saturated rings. The minimum Gasteiger partial charge on any atom is -0.478 e. The van der Waals surface area contributed by atoms with Crippen LogP contribution in [0.5, 0.6) is 0 Å². The van der Waals surface area contributed by atoms with Crippen molar-refractivity contribution in [2.45, 2.75) is 19.4 Å². The second-order valence-electron chi connectivity index (χ2n) is 4.39. The van der Waals surface area contributed by atoms with Crippen LogP contribution in [0.1, 0.15) is 23.7 Å². The topological polar surface area (TPSA) is 78.4 Å². The lowest BCUT2D eigenvalue weighted by atomic mass is 10.2. The summed E-state index contributed by atoms with van der Waals surface area (Å²) in [7, 11) is 0. The maximum Gasteiger partial charge on any atom is 0.337 e. The number of hydrogen-bond acceptors (Lipinski definition) is 2. The normalized spacial score (nSPS) is 21.2. The molecule has 0 heterocycles. The molecule has 1 aromatic carbocycles. The van der Waals surface area contributed by atoms with Gasteiger partial charge >= 0.3 is 12.0 Å². The fourth-order valence-electron chi connectivity index (χ4n) is 1.67. The van der Waals surface area contributed by atoms with Crippen LogP contribution < -0.4 is 10.6 Å². The van der Waals surface area contributed by atoms with Gasteiger partial charge in [-0.2, -0.15) is 0 Å². The summed E-state index contributed by atoms with van der Waals surface area (Å²) in [6.07, 6.45) is 0.967. The standard InChI is InChI=1S/C12H13BrN2O3/c1-6-5-9(6)14-12(18)15-10-7(11(16)17)3-2-4-8(10)13/h2-4,6,9H,5H2,1H3,(H,16,17)(H2,14,15,18). The SMILES string of the molecule is CC1CC1NC(=O)Nc1c(Br)cccc1C(=O)O. The Labute approximate surface area is 113 Å². The molecule has 1 aliphatic rings. The van der Waals surface area contributed by atoms with Crippen LogP contribution in [0, 0.1) is 5.92 Å². The van der Waals surface area contributed by atoms with Gasteiger partial charge in [0.2, 0.25) is 0 Å². The molecule has 2 amide bonds. The number of carboxylic acids is 1. The predicted molar refractivity (Wildman–Crippen MR) is 70.8 cm³/mol. The van der Waals surface area contributed by atoms with Crippen molar-refractivity contribution in [2.75, 3.05) is 5.32 Å². The second-order valence-corrected chi connectivity index (χ2v) is 5.24. The quantitative estimate of drug-likeness (QED) is 0.803. The molecule has 2 rings (SSSR count). The molecule has 0 spiro atoms. The molecule has 0 aliphatic heterocycles. The summed E-state index contributed by atoms with van der Waals surface area (Å²) in [5.41, 5.74) is 0.333. The third kappa shape index (κ3) is 2.81. The van der Waals surface area contributed by atoms with Gasteiger partial charge in [-0.1, -0.05) is 13.0 Å². The van der Waals surface area contributed by atoms with Gasteiger partial charge < -0.3 is 15.7 Å². The van der Waals surface area contributed by atoms with Crippen molar-refractivity contribution in [3.63, 3.8) is 0 Å². The van der Waals surface area contributed by atoms with Crippen molar-refractivity contribution in [1.82, 2.24) is 5.32 Å². The van der Waals surface area contributed by atoms with Crippen LogP contribution in [0.3, 0.4) is 0 Å². The van der Waals surface area contributed by atoms with Gasteiger partial charge in [0, 0.05) is 10.5 Å². The van der Waals surface area contributed by atoms with Gasteiger partial charge in [-0.15, -0.1) is 0 Å². The molecule has 2 unspecified atom stereocenters. The Balaban J connectivity index is 2.12. The zero-order chi connectivity index (χ0) is 13.3. The van der Waals surface area contributed by atoms with E-state index in [0.29, 0.717) is 10.4 Å². The lowest BCUT2D eigenvalue weighted by molar-refractivity contribution is 0.0698. The Morgan fingerprint density at radius 2 is 2.11 bits per heavy atom. The van der Waals surface area contributed by atoms with Crippen molar-refractivity contribution < 1.29 is 14.7 Å². The number of carbonyl (C=O) groups excluding carboxylic acids is 1. The molecule has 0 saturated heterocycles. The number of para-hydroxylation sites is 1. The maximum atomic E-state index is 11.7. The van der Waals surface area contributed by atoms with Crippen LogP contribution in [-0.2, 0) is 0 Å². The number of carbonyl (C=O) groups is 2. The molecule has 1 aliphatic carbocycles. The zero-order valence-electron chi connectivity index (χ0n) is 9.74. The van der Waals surface area contributed by atoms with Crippen molar-refractivity contribution in [1.29, 1.82) is 0 Å². The number of anilines is 1. The third-order valence-corrected chi connectivity index (χ3v) is 3.57. The van der Waals surface area contributed by atoms with Gasteiger partial charge in [0.15, 0.2) is 0 Å². The molecular formula is C12H13BrN2O3. The van der Waals surface area contributed by atoms with E-state index in [-0.39, 0.29) is 23.3 Å². The van der Waals surface area contributed by atoms with Crippen molar-refractivity contribution in [3.05, 3.63) is 28.2 Å². The fourth-order valence-corrected chi connectivity index (χ4v) is 2.14. The van der Waals surface area contributed by atoms with E-state index in [1.807, 2.05) is 6.92 Å². The van der Waals surface area contributed by atoms with Crippen molar-refractivity contribution in [2.24, 2.45) is 5.92 Å². The second kappa shape index (κ2) is 4.97. The van der Waals surface area contributed by atoms with Gasteiger partial charge in [-0.05, 0) is 40.4 Å². The van der Waals surface area contributed by atoms with E-state index in [0.717, 1.165) is 6.42 Å². The van der Waals surface area contributed by atoms with Crippen molar-refractivity contribution >= 4 is 33.6 Å². The van der Waals surface area contributed by atoms with Crippen LogP contribution >= 0.6 is 15.9 Å². The number of nitrogens with one attached hydrogen (secondary N) is 2. The van der Waals surface area contributed by atoms with E-state index in [1.165, 1.54) is 6.07 Å². The van der Waals surface area contributed by atoms with Gasteiger partial charge in [0.05, 0.1) is 11.3 Å². The summed E-state index contributed by atoms with van der Waals surface area (Å²) in [5.74, 6) is -0.583. The predicted octanol–water partition coefficient (Wildman–Crippen LogP) is 2.68. The van der Waals surface area contributed by atoms with Crippen LogP contribution in [0.25, 0.3) is 0 Å². The van der Waals surface area contributed by atoms with E-state index in [9.17, 15) is 9.59 Å². The smallest absolute Gasteiger partial charge is 0.337 e. The van der Waals surface area contributed by atoms with Gasteiger partial charge in [0.1, 0.15) is 0 Å². The lowest BCUT2D eigenvalue weighted by Crippen LogP contribution is -2.32. The molecule has 0 bridgehead atoms. The largest absolute Gasteiger partial charge is 0.478 e. The van der Waals surface area contributed by atoms with Crippen LogP contribution in [0.15, 0.2) is 22.7 Å². The fraction of sp³-hybridized carbons (Fsp3) is 0.333. The van der Waals surface area contributed by atoms with Crippen LogP contribution in [-0.4, -0.2) is 23.1 Å². The Hall–Kier alpha value is -1.56. The first-order chi connectivity index (χ1) is 8.49. The number of hydrogen-bond donors (Lipinski definition) is 3. The van der Waals surface area contributed by atoms with E-state index >= 15 is 0 Å². The minimum atomic E-state index is -1.08. The number of aromatic carboxylic acids is 1. The molecule has 2 atom stereocenters. The van der Waals surface area contributed by atoms with Gasteiger partial charge in [-0.25, -0.2) is 9.59 Å². The highest BCUT2D eigenvalue weighted by molar-refractivity contribution is 9.10. The number of rotatable bonds is 3. The molecule has 1 saturated carbocycles. The van der Waals surface area contributed by atoms with E-state index in [2.05, 4.69) is 26.6 Å². The number of carboxylic acid groups (broad SMARTS) is 1. The first-order valence-corrected chi connectivity index (χ1v) is 6.37. The first-order valence-electron chi connectivity index (χ1n) is 5.58. The molecule has 0 aromatic heterocycles. The average Bonchev–Trinajstić information content (AvgIpc) is 2.96. The Bertz CT molecular complexity index is 504.